The van der Waals surface area contributed by atoms with E-state index in [0.29, 0.717) is 6.54 Å². The summed E-state index contributed by atoms with van der Waals surface area (Å²) >= 11 is 0. The minimum Gasteiger partial charge on any atom is -0.476 e. The van der Waals surface area contributed by atoms with Gasteiger partial charge in [0.2, 0.25) is 0 Å². The molecule has 0 amide bonds. The number of hydrogen-bond acceptors (Lipinski definition) is 4. The number of carbonyl (C=O) groups is 1. The van der Waals surface area contributed by atoms with Crippen LogP contribution in [0.2, 0.25) is 0 Å². The fourth-order valence-corrected chi connectivity index (χ4v) is 2.82. The zero-order chi connectivity index (χ0) is 14.8. The number of H-pyrrole nitrogens is 1. The molecule has 1 aliphatic heterocycles. The van der Waals surface area contributed by atoms with Crippen molar-refractivity contribution in [1.29, 1.82) is 0 Å². The van der Waals surface area contributed by atoms with Crippen LogP contribution in [-0.2, 0) is 19.5 Å². The van der Waals surface area contributed by atoms with Crippen LogP contribution < -0.4 is 0 Å². The maximum Gasteiger partial charge on any atom is 0.356 e. The monoisotopic (exact) mass is 289 g/mol. The first-order valence-corrected chi connectivity index (χ1v) is 7.14. The van der Waals surface area contributed by atoms with Crippen molar-refractivity contribution in [2.45, 2.75) is 32.9 Å². The van der Waals surface area contributed by atoms with Gasteiger partial charge in [-0.2, -0.15) is 5.10 Å². The number of carboxylic acid groups (broad SMARTS) is 1. The molecule has 0 spiro atoms. The largest absolute Gasteiger partial charge is 0.476 e. The number of nitrogens with zero attached hydrogens (tertiary/aromatic N) is 4. The molecule has 3 heterocycles. The van der Waals surface area contributed by atoms with Crippen molar-refractivity contribution in [1.82, 2.24) is 24.6 Å². The van der Waals surface area contributed by atoms with E-state index < -0.39 is 5.97 Å². The zero-order valence-corrected chi connectivity index (χ0v) is 12.0. The van der Waals surface area contributed by atoms with Crippen LogP contribution in [0.3, 0.4) is 0 Å². The number of hydrogen-bond donors (Lipinski definition) is 2. The number of aromatic carboxylic acids is 1. The molecule has 0 atom stereocenters. The van der Waals surface area contributed by atoms with Crippen molar-refractivity contribution in [2.24, 2.45) is 0 Å². The van der Waals surface area contributed by atoms with E-state index in [9.17, 15) is 4.79 Å². The topological polar surface area (TPSA) is 87.0 Å². The number of aryl methyl sites for hydroxylation is 2. The average Bonchev–Trinajstić information content (AvgIpc) is 3.05. The Hall–Kier alpha value is -2.15. The van der Waals surface area contributed by atoms with Crippen LogP contribution in [0.4, 0.5) is 0 Å². The highest BCUT2D eigenvalue weighted by Gasteiger charge is 2.24. The Balaban J connectivity index is 1.57. The number of fused-ring (bicyclic) bond motifs is 1. The van der Waals surface area contributed by atoms with E-state index in [1.54, 1.807) is 0 Å². The third-order valence-corrected chi connectivity index (χ3v) is 4.01. The lowest BCUT2D eigenvalue weighted by Crippen LogP contribution is -2.32. The van der Waals surface area contributed by atoms with Gasteiger partial charge in [-0.3, -0.25) is 10.00 Å². The standard InChI is InChI=1S/C14H19N5O2/c1-10-15-4-8-19(10)6-2-5-18-7-3-12-11(9-18)13(14(20)21)17-16-12/h4,8H,2-3,5-7,9H2,1H3,(H,16,17)(H,20,21). The Morgan fingerprint density at radius 2 is 2.33 bits per heavy atom. The third-order valence-electron chi connectivity index (χ3n) is 4.01. The summed E-state index contributed by atoms with van der Waals surface area (Å²) in [6, 6.07) is 0. The number of aromatic nitrogens is 4. The molecule has 3 rings (SSSR count). The van der Waals surface area contributed by atoms with Gasteiger partial charge in [0.25, 0.3) is 0 Å². The Labute approximate surface area is 122 Å². The molecule has 0 unspecified atom stereocenters. The summed E-state index contributed by atoms with van der Waals surface area (Å²) in [7, 11) is 0. The van der Waals surface area contributed by atoms with Crippen molar-refractivity contribution >= 4 is 5.97 Å². The predicted octanol–water partition coefficient (Wildman–Crippen LogP) is 1.06. The van der Waals surface area contributed by atoms with Gasteiger partial charge in [0, 0.05) is 56.3 Å². The molecule has 0 radical (unpaired) electrons. The number of aromatic amines is 1. The second kappa shape index (κ2) is 5.69. The summed E-state index contributed by atoms with van der Waals surface area (Å²) < 4.78 is 2.13. The van der Waals surface area contributed by atoms with E-state index in [2.05, 4.69) is 24.6 Å². The maximum atomic E-state index is 11.1. The molecule has 7 heteroatoms. The van der Waals surface area contributed by atoms with Crippen molar-refractivity contribution < 1.29 is 9.90 Å². The summed E-state index contributed by atoms with van der Waals surface area (Å²) in [5.74, 6) is 0.0716. The fraction of sp³-hybridized carbons (Fsp3) is 0.500. The van der Waals surface area contributed by atoms with Gasteiger partial charge in [-0.15, -0.1) is 0 Å². The first-order valence-electron chi connectivity index (χ1n) is 7.14. The highest BCUT2D eigenvalue weighted by molar-refractivity contribution is 5.87. The van der Waals surface area contributed by atoms with Gasteiger partial charge in [-0.05, 0) is 13.3 Å². The van der Waals surface area contributed by atoms with Gasteiger partial charge in [0.1, 0.15) is 5.82 Å². The van der Waals surface area contributed by atoms with E-state index in [4.69, 9.17) is 5.11 Å². The maximum absolute atomic E-state index is 11.1. The SMILES string of the molecule is Cc1nccn1CCCN1CCc2[nH]nc(C(=O)O)c2C1. The van der Waals surface area contributed by atoms with Gasteiger partial charge in [-0.25, -0.2) is 9.78 Å². The smallest absolute Gasteiger partial charge is 0.356 e. The number of imidazole rings is 1. The zero-order valence-electron chi connectivity index (χ0n) is 12.0. The lowest BCUT2D eigenvalue weighted by molar-refractivity contribution is 0.0687. The summed E-state index contributed by atoms with van der Waals surface area (Å²) in [5.41, 5.74) is 1.97. The molecular weight excluding hydrogens is 270 g/mol. The van der Waals surface area contributed by atoms with Crippen LogP contribution in [0.1, 0.15) is 34.0 Å². The Bertz CT molecular complexity index is 646. The molecule has 0 saturated carbocycles. The quantitative estimate of drug-likeness (QED) is 0.859. The Morgan fingerprint density at radius 1 is 1.48 bits per heavy atom. The van der Waals surface area contributed by atoms with Crippen LogP contribution >= 0.6 is 0 Å². The van der Waals surface area contributed by atoms with E-state index in [1.807, 2.05) is 19.3 Å². The predicted molar refractivity (Wildman–Crippen MR) is 76.1 cm³/mol. The second-order valence-corrected chi connectivity index (χ2v) is 5.38. The normalized spacial score (nSPS) is 15.1. The average molecular weight is 289 g/mol. The molecule has 2 N–H and O–H groups in total. The van der Waals surface area contributed by atoms with Crippen molar-refractivity contribution in [3.05, 3.63) is 35.2 Å². The van der Waals surface area contributed by atoms with Crippen LogP contribution in [0.5, 0.6) is 0 Å². The number of carboxylic acids is 1. The van der Waals surface area contributed by atoms with Gasteiger partial charge in [0.15, 0.2) is 5.69 Å². The lowest BCUT2D eigenvalue weighted by atomic mass is 10.1. The number of nitrogens with one attached hydrogen (secondary N) is 1. The van der Waals surface area contributed by atoms with Gasteiger partial charge in [0.05, 0.1) is 0 Å². The minimum absolute atomic E-state index is 0.167. The van der Waals surface area contributed by atoms with Crippen LogP contribution in [0.15, 0.2) is 12.4 Å². The molecule has 1 aliphatic rings. The first kappa shape index (κ1) is 13.8. The number of rotatable bonds is 5. The minimum atomic E-state index is -0.955. The molecule has 112 valence electrons. The van der Waals surface area contributed by atoms with E-state index in [-0.39, 0.29) is 5.69 Å². The molecule has 0 bridgehead atoms. The van der Waals surface area contributed by atoms with Crippen molar-refractivity contribution in [3.63, 3.8) is 0 Å². The first-order chi connectivity index (χ1) is 10.1. The fourth-order valence-electron chi connectivity index (χ4n) is 2.82. The van der Waals surface area contributed by atoms with Crippen LogP contribution in [-0.4, -0.2) is 48.8 Å². The van der Waals surface area contributed by atoms with Gasteiger partial charge < -0.3 is 9.67 Å². The second-order valence-electron chi connectivity index (χ2n) is 5.38. The van der Waals surface area contributed by atoms with Gasteiger partial charge in [-0.1, -0.05) is 0 Å². The lowest BCUT2D eigenvalue weighted by Gasteiger charge is -2.26. The van der Waals surface area contributed by atoms with E-state index in [1.165, 1.54) is 0 Å². The highest BCUT2D eigenvalue weighted by Crippen LogP contribution is 2.20. The van der Waals surface area contributed by atoms with Gasteiger partial charge >= 0.3 is 5.97 Å². The molecule has 7 nitrogen and oxygen atoms in total. The molecule has 0 saturated heterocycles. The molecule has 2 aromatic heterocycles. The summed E-state index contributed by atoms with van der Waals surface area (Å²) in [6.07, 6.45) is 5.65. The molecular formula is C14H19N5O2. The molecule has 0 fully saturated rings. The van der Waals surface area contributed by atoms with Crippen LogP contribution in [0.25, 0.3) is 0 Å². The van der Waals surface area contributed by atoms with E-state index in [0.717, 1.165) is 49.6 Å². The highest BCUT2D eigenvalue weighted by atomic mass is 16.4. The summed E-state index contributed by atoms with van der Waals surface area (Å²) in [6.45, 7) is 5.49. The summed E-state index contributed by atoms with van der Waals surface area (Å²) in [5, 5.41) is 15.9. The van der Waals surface area contributed by atoms with Crippen molar-refractivity contribution in [3.8, 4) is 0 Å². The van der Waals surface area contributed by atoms with Crippen LogP contribution in [0, 0.1) is 6.92 Å². The Morgan fingerprint density at radius 3 is 3.05 bits per heavy atom. The Kier molecular flexibility index (Phi) is 3.74. The molecule has 0 aromatic carbocycles. The van der Waals surface area contributed by atoms with E-state index >= 15 is 0 Å². The molecule has 0 aliphatic carbocycles. The van der Waals surface area contributed by atoms with Crippen molar-refractivity contribution in [2.75, 3.05) is 13.1 Å². The molecule has 21 heavy (non-hydrogen) atoms. The third kappa shape index (κ3) is 2.82. The molecule has 2 aromatic rings. The summed E-state index contributed by atoms with van der Waals surface area (Å²) in [4.78, 5) is 17.6.